The van der Waals surface area contributed by atoms with E-state index in [1.165, 1.54) is 6.08 Å². The monoisotopic (exact) mass is 275 g/mol. The third-order valence-electron chi connectivity index (χ3n) is 1.90. The van der Waals surface area contributed by atoms with E-state index in [1.807, 2.05) is 0 Å². The van der Waals surface area contributed by atoms with Crippen molar-refractivity contribution in [2.75, 3.05) is 6.54 Å². The minimum absolute atomic E-state index is 0.135. The quantitative estimate of drug-likeness (QED) is 0.464. The van der Waals surface area contributed by atoms with Crippen LogP contribution < -0.4 is 0 Å². The Morgan fingerprint density at radius 3 is 2.53 bits per heavy atom. The molecule has 0 spiro atoms. The molecule has 1 aliphatic rings. The molecule has 1 heterocycles. The number of carbonyl (C=O) groups is 1. The van der Waals surface area contributed by atoms with Gasteiger partial charge in [0.1, 0.15) is 0 Å². The Morgan fingerprint density at radius 1 is 1.47 bits per heavy atom. The van der Waals surface area contributed by atoms with Crippen molar-refractivity contribution in [2.45, 2.75) is 18.2 Å². The Morgan fingerprint density at radius 2 is 2.06 bits per heavy atom. The highest BCUT2D eigenvalue weighted by atomic mass is 32.2. The van der Waals surface area contributed by atoms with Crippen molar-refractivity contribution in [3.05, 3.63) is 12.2 Å². The Bertz CT molecular complexity index is 429. The number of nitrogens with zero attached hydrogens (tertiary/aromatic N) is 1. The van der Waals surface area contributed by atoms with Crippen LogP contribution in [0.25, 0.3) is 0 Å². The zero-order valence-corrected chi connectivity index (χ0v) is 9.03. The largest absolute Gasteiger partial charge is 0.523 e. The molecule has 0 saturated carbocycles. The molecule has 0 aliphatic carbocycles. The molecular formula is C7H8F3NO5S. The molecule has 1 N–H and O–H groups in total. The number of hydrogen-bond donors (Lipinski definition) is 1. The van der Waals surface area contributed by atoms with Crippen LogP contribution in [0.3, 0.4) is 0 Å². The van der Waals surface area contributed by atoms with E-state index in [2.05, 4.69) is 4.18 Å². The van der Waals surface area contributed by atoms with E-state index in [0.29, 0.717) is 4.90 Å². The molecule has 0 aromatic rings. The van der Waals surface area contributed by atoms with Crippen LogP contribution >= 0.6 is 0 Å². The first-order valence-corrected chi connectivity index (χ1v) is 5.72. The molecule has 0 radical (unpaired) electrons. The molecule has 1 rings (SSSR count). The second kappa shape index (κ2) is 4.53. The van der Waals surface area contributed by atoms with Gasteiger partial charge in [-0.05, 0) is 12.5 Å². The summed E-state index contributed by atoms with van der Waals surface area (Å²) in [6.07, 6.45) is -0.778. The van der Waals surface area contributed by atoms with E-state index in [0.717, 1.165) is 6.08 Å². The van der Waals surface area contributed by atoms with Crippen LogP contribution in [0.2, 0.25) is 0 Å². The molecule has 0 fully saturated rings. The molecular weight excluding hydrogens is 267 g/mol. The zero-order valence-electron chi connectivity index (χ0n) is 8.22. The molecule has 0 aromatic carbocycles. The van der Waals surface area contributed by atoms with Crippen LogP contribution in [0.5, 0.6) is 0 Å². The highest BCUT2D eigenvalue weighted by molar-refractivity contribution is 7.87. The Hall–Kier alpha value is -1.29. The van der Waals surface area contributed by atoms with Gasteiger partial charge in [0.25, 0.3) is 0 Å². The molecule has 0 aromatic heterocycles. The summed E-state index contributed by atoms with van der Waals surface area (Å²) in [6.45, 7) is -0.135. The summed E-state index contributed by atoms with van der Waals surface area (Å²) in [5, 5.41) is 8.64. The van der Waals surface area contributed by atoms with Crippen LogP contribution in [0.1, 0.15) is 6.42 Å². The summed E-state index contributed by atoms with van der Waals surface area (Å²) in [6, 6.07) is 0. The summed E-state index contributed by atoms with van der Waals surface area (Å²) < 4.78 is 61.2. The summed E-state index contributed by atoms with van der Waals surface area (Å²) in [5.74, 6) is 0. The van der Waals surface area contributed by atoms with E-state index < -0.39 is 27.9 Å². The van der Waals surface area contributed by atoms with Gasteiger partial charge in [0.2, 0.25) is 0 Å². The lowest BCUT2D eigenvalue weighted by atomic mass is 10.2. The van der Waals surface area contributed by atoms with Crippen LogP contribution in [-0.2, 0) is 14.3 Å². The fourth-order valence-corrected chi connectivity index (χ4v) is 1.67. The van der Waals surface area contributed by atoms with Crippen molar-refractivity contribution in [2.24, 2.45) is 0 Å². The van der Waals surface area contributed by atoms with Crippen LogP contribution in [0, 0.1) is 0 Å². The average Bonchev–Trinajstić information content (AvgIpc) is 2.15. The molecule has 1 unspecified atom stereocenters. The smallest absolute Gasteiger partial charge is 0.465 e. The summed E-state index contributed by atoms with van der Waals surface area (Å²) in [7, 11) is -5.82. The van der Waals surface area contributed by atoms with Gasteiger partial charge >= 0.3 is 21.7 Å². The molecule has 98 valence electrons. The lowest BCUT2D eigenvalue weighted by Gasteiger charge is -2.28. The average molecular weight is 275 g/mol. The van der Waals surface area contributed by atoms with E-state index in [-0.39, 0.29) is 13.0 Å². The van der Waals surface area contributed by atoms with Crippen molar-refractivity contribution in [3.8, 4) is 0 Å². The van der Waals surface area contributed by atoms with E-state index in [4.69, 9.17) is 5.11 Å². The van der Waals surface area contributed by atoms with E-state index >= 15 is 0 Å². The van der Waals surface area contributed by atoms with Crippen molar-refractivity contribution in [3.63, 3.8) is 0 Å². The standard InChI is InChI=1S/C7H8F3NO5S/c8-7(9,10)17(14,15)16-5-3-1-2-4-11(5)6(12)13/h1,3,5H,2,4H2,(H,12,13). The van der Waals surface area contributed by atoms with Crippen molar-refractivity contribution < 1.29 is 35.7 Å². The van der Waals surface area contributed by atoms with Crippen molar-refractivity contribution in [1.29, 1.82) is 0 Å². The number of hydrogen-bond acceptors (Lipinski definition) is 4. The molecule has 0 bridgehead atoms. The van der Waals surface area contributed by atoms with Gasteiger partial charge in [0, 0.05) is 6.54 Å². The third kappa shape index (κ3) is 3.09. The highest BCUT2D eigenvalue weighted by Crippen LogP contribution is 2.27. The Balaban J connectivity index is 2.90. The van der Waals surface area contributed by atoms with Gasteiger partial charge in [-0.1, -0.05) is 6.08 Å². The number of amides is 1. The molecule has 1 atom stereocenters. The van der Waals surface area contributed by atoms with E-state index in [1.54, 1.807) is 0 Å². The van der Waals surface area contributed by atoms with Gasteiger partial charge in [0.15, 0.2) is 6.23 Å². The lowest BCUT2D eigenvalue weighted by Crippen LogP contribution is -2.45. The molecule has 6 nitrogen and oxygen atoms in total. The molecule has 1 amide bonds. The molecule has 1 aliphatic heterocycles. The minimum atomic E-state index is -5.82. The van der Waals surface area contributed by atoms with E-state index in [9.17, 15) is 26.4 Å². The van der Waals surface area contributed by atoms with Crippen molar-refractivity contribution >= 4 is 16.2 Å². The SMILES string of the molecule is O=C(O)N1CCC=CC1OS(=O)(=O)C(F)(F)F. The maximum Gasteiger partial charge on any atom is 0.523 e. The fourth-order valence-electron chi connectivity index (χ4n) is 1.13. The zero-order chi connectivity index (χ0) is 13.3. The van der Waals surface area contributed by atoms with Gasteiger partial charge in [0.05, 0.1) is 0 Å². The second-order valence-corrected chi connectivity index (χ2v) is 4.64. The topological polar surface area (TPSA) is 83.9 Å². The number of rotatable bonds is 2. The van der Waals surface area contributed by atoms with Gasteiger partial charge in [-0.25, -0.2) is 8.98 Å². The van der Waals surface area contributed by atoms with Crippen LogP contribution in [0.4, 0.5) is 18.0 Å². The van der Waals surface area contributed by atoms with Gasteiger partial charge in [-0.2, -0.15) is 21.6 Å². The van der Waals surface area contributed by atoms with Crippen molar-refractivity contribution in [1.82, 2.24) is 4.90 Å². The third-order valence-corrected chi connectivity index (χ3v) is 2.92. The molecule has 0 saturated heterocycles. The maximum atomic E-state index is 12.0. The van der Waals surface area contributed by atoms with Gasteiger partial charge in [-0.3, -0.25) is 4.90 Å². The highest BCUT2D eigenvalue weighted by Gasteiger charge is 2.49. The first-order valence-electron chi connectivity index (χ1n) is 4.31. The second-order valence-electron chi connectivity index (χ2n) is 3.08. The number of alkyl halides is 3. The molecule has 10 heteroatoms. The predicted molar refractivity (Wildman–Crippen MR) is 48.3 cm³/mol. The number of carboxylic acid groups (broad SMARTS) is 1. The Kier molecular flexibility index (Phi) is 3.67. The van der Waals surface area contributed by atoms with Gasteiger partial charge in [-0.15, -0.1) is 0 Å². The fraction of sp³-hybridized carbons (Fsp3) is 0.571. The maximum absolute atomic E-state index is 12.0. The summed E-state index contributed by atoms with van der Waals surface area (Å²) >= 11 is 0. The summed E-state index contributed by atoms with van der Waals surface area (Å²) in [4.78, 5) is 11.1. The first kappa shape index (κ1) is 13.8. The van der Waals surface area contributed by atoms with Crippen LogP contribution in [0.15, 0.2) is 12.2 Å². The Labute approximate surface area is 94.4 Å². The van der Waals surface area contributed by atoms with Gasteiger partial charge < -0.3 is 5.11 Å². The first-order chi connectivity index (χ1) is 7.65. The minimum Gasteiger partial charge on any atom is -0.465 e. The molecule has 17 heavy (non-hydrogen) atoms. The normalized spacial score (nSPS) is 21.6. The summed E-state index contributed by atoms with van der Waals surface area (Å²) in [5.41, 5.74) is -5.58. The number of halogens is 3. The predicted octanol–water partition coefficient (Wildman–Crippen LogP) is 1.12. The van der Waals surface area contributed by atoms with Crippen LogP contribution in [-0.4, -0.2) is 42.8 Å². The lowest BCUT2D eigenvalue weighted by molar-refractivity contribution is -0.0619.